The summed E-state index contributed by atoms with van der Waals surface area (Å²) >= 11 is 0. The fourth-order valence-electron chi connectivity index (χ4n) is 3.84. The Hall–Kier alpha value is -0.160. The molecule has 0 spiro atoms. The van der Waals surface area contributed by atoms with Crippen LogP contribution in [0.2, 0.25) is 0 Å². The molecule has 21 heavy (non-hydrogen) atoms. The van der Waals surface area contributed by atoms with Crippen LogP contribution in [0.1, 0.15) is 45.4 Å². The summed E-state index contributed by atoms with van der Waals surface area (Å²) in [5, 5.41) is 3.83. The molecule has 0 bridgehead atoms. The van der Waals surface area contributed by atoms with Gasteiger partial charge in [-0.25, -0.2) is 0 Å². The van der Waals surface area contributed by atoms with Crippen LogP contribution in [0.25, 0.3) is 0 Å². The van der Waals surface area contributed by atoms with Crippen molar-refractivity contribution in [1.82, 2.24) is 10.2 Å². The summed E-state index contributed by atoms with van der Waals surface area (Å²) in [6.07, 6.45) is 8.37. The van der Waals surface area contributed by atoms with Crippen LogP contribution in [0.15, 0.2) is 0 Å². The summed E-state index contributed by atoms with van der Waals surface area (Å²) in [6, 6.07) is 1.38. The third kappa shape index (κ3) is 5.51. The first kappa shape index (κ1) is 17.2. The normalized spacial score (nSPS) is 28.9. The van der Waals surface area contributed by atoms with Gasteiger partial charge in [-0.1, -0.05) is 26.2 Å². The van der Waals surface area contributed by atoms with E-state index < -0.39 is 0 Å². The Balaban J connectivity index is 1.75. The zero-order valence-corrected chi connectivity index (χ0v) is 14.0. The first-order valence-electron chi connectivity index (χ1n) is 8.89. The molecule has 0 amide bonds. The summed E-state index contributed by atoms with van der Waals surface area (Å²) in [7, 11) is 1.72. The van der Waals surface area contributed by atoms with Gasteiger partial charge in [-0.2, -0.15) is 0 Å². The highest BCUT2D eigenvalue weighted by Crippen LogP contribution is 2.28. The van der Waals surface area contributed by atoms with Crippen molar-refractivity contribution in [2.24, 2.45) is 5.92 Å². The van der Waals surface area contributed by atoms with Crippen molar-refractivity contribution in [3.63, 3.8) is 0 Å². The van der Waals surface area contributed by atoms with Crippen molar-refractivity contribution in [1.29, 1.82) is 0 Å². The molecule has 2 rings (SSSR count). The van der Waals surface area contributed by atoms with Gasteiger partial charge in [0, 0.05) is 38.8 Å². The van der Waals surface area contributed by atoms with Crippen LogP contribution < -0.4 is 5.32 Å². The van der Waals surface area contributed by atoms with Crippen LogP contribution >= 0.6 is 0 Å². The summed E-state index contributed by atoms with van der Waals surface area (Å²) in [6.45, 7) is 7.96. The summed E-state index contributed by atoms with van der Waals surface area (Å²) in [4.78, 5) is 2.66. The number of hydrogen-bond acceptors (Lipinski definition) is 4. The second-order valence-electron chi connectivity index (χ2n) is 6.58. The van der Waals surface area contributed by atoms with Gasteiger partial charge in [0.15, 0.2) is 0 Å². The van der Waals surface area contributed by atoms with Gasteiger partial charge in [-0.05, 0) is 25.2 Å². The van der Waals surface area contributed by atoms with Crippen molar-refractivity contribution in [3.05, 3.63) is 0 Å². The molecular weight excluding hydrogens is 264 g/mol. The van der Waals surface area contributed by atoms with E-state index in [2.05, 4.69) is 17.1 Å². The molecular formula is C17H34N2O2. The van der Waals surface area contributed by atoms with Gasteiger partial charge >= 0.3 is 0 Å². The lowest BCUT2D eigenvalue weighted by atomic mass is 9.82. The van der Waals surface area contributed by atoms with Gasteiger partial charge in [-0.15, -0.1) is 0 Å². The topological polar surface area (TPSA) is 33.7 Å². The molecule has 2 aliphatic rings. The number of piperazine rings is 1. The Labute approximate surface area is 130 Å². The lowest BCUT2D eigenvalue weighted by Gasteiger charge is -2.43. The maximum absolute atomic E-state index is 5.66. The fourth-order valence-corrected chi connectivity index (χ4v) is 3.84. The van der Waals surface area contributed by atoms with E-state index in [4.69, 9.17) is 9.47 Å². The number of rotatable bonds is 8. The van der Waals surface area contributed by atoms with Crippen molar-refractivity contribution in [2.45, 2.75) is 57.5 Å². The Morgan fingerprint density at radius 1 is 1.10 bits per heavy atom. The Morgan fingerprint density at radius 2 is 1.90 bits per heavy atom. The minimum atomic E-state index is 0.677. The summed E-state index contributed by atoms with van der Waals surface area (Å²) < 4.78 is 10.7. The molecule has 124 valence electrons. The van der Waals surface area contributed by atoms with E-state index in [0.29, 0.717) is 25.3 Å². The highest BCUT2D eigenvalue weighted by molar-refractivity contribution is 4.90. The highest BCUT2D eigenvalue weighted by atomic mass is 16.5. The van der Waals surface area contributed by atoms with Crippen LogP contribution in [-0.2, 0) is 9.47 Å². The van der Waals surface area contributed by atoms with E-state index in [1.807, 2.05) is 0 Å². The van der Waals surface area contributed by atoms with Crippen LogP contribution in [-0.4, -0.2) is 63.5 Å². The molecule has 1 aliphatic carbocycles. The second-order valence-corrected chi connectivity index (χ2v) is 6.58. The summed E-state index contributed by atoms with van der Waals surface area (Å²) in [5.41, 5.74) is 0. The van der Waals surface area contributed by atoms with Gasteiger partial charge in [0.05, 0.1) is 19.8 Å². The minimum absolute atomic E-state index is 0.677. The van der Waals surface area contributed by atoms with Crippen molar-refractivity contribution < 1.29 is 9.47 Å². The molecule has 2 fully saturated rings. The van der Waals surface area contributed by atoms with Crippen molar-refractivity contribution >= 4 is 0 Å². The Kier molecular flexibility index (Phi) is 8.01. The van der Waals surface area contributed by atoms with Crippen molar-refractivity contribution in [3.8, 4) is 0 Å². The number of methoxy groups -OCH3 is 1. The average Bonchev–Trinajstić information content (AvgIpc) is 2.55. The SMILES string of the molecule is CCC1CNC(C2CCCCC2)CN1CCOCCOC. The second kappa shape index (κ2) is 9.78. The highest BCUT2D eigenvalue weighted by Gasteiger charge is 2.31. The quantitative estimate of drug-likeness (QED) is 0.697. The molecule has 1 heterocycles. The molecule has 4 heteroatoms. The largest absolute Gasteiger partial charge is 0.382 e. The zero-order valence-electron chi connectivity index (χ0n) is 14.0. The van der Waals surface area contributed by atoms with E-state index in [0.717, 1.165) is 25.6 Å². The molecule has 0 aromatic rings. The number of ether oxygens (including phenoxy) is 2. The number of nitrogens with one attached hydrogen (secondary N) is 1. The van der Waals surface area contributed by atoms with Gasteiger partial charge in [-0.3, -0.25) is 4.90 Å². The first-order valence-corrected chi connectivity index (χ1v) is 8.89. The molecule has 2 atom stereocenters. The van der Waals surface area contributed by atoms with E-state index >= 15 is 0 Å². The molecule has 1 saturated carbocycles. The van der Waals surface area contributed by atoms with Gasteiger partial charge < -0.3 is 14.8 Å². The van der Waals surface area contributed by atoms with Gasteiger partial charge in [0.2, 0.25) is 0 Å². The predicted molar refractivity (Wildman–Crippen MR) is 86.7 cm³/mol. The van der Waals surface area contributed by atoms with E-state index in [-0.39, 0.29) is 0 Å². The lowest BCUT2D eigenvalue weighted by molar-refractivity contribution is 0.0317. The maximum atomic E-state index is 5.66. The number of nitrogens with zero attached hydrogens (tertiary/aromatic N) is 1. The maximum Gasteiger partial charge on any atom is 0.0700 e. The van der Waals surface area contributed by atoms with Crippen molar-refractivity contribution in [2.75, 3.05) is 46.6 Å². The molecule has 0 aromatic carbocycles. The fraction of sp³-hybridized carbons (Fsp3) is 1.00. The third-order valence-electron chi connectivity index (χ3n) is 5.21. The lowest BCUT2D eigenvalue weighted by Crippen LogP contribution is -2.59. The molecule has 1 aliphatic heterocycles. The van der Waals surface area contributed by atoms with Crippen LogP contribution in [0.5, 0.6) is 0 Å². The molecule has 0 aromatic heterocycles. The number of hydrogen-bond donors (Lipinski definition) is 1. The van der Waals surface area contributed by atoms with Gasteiger partial charge in [0.1, 0.15) is 0 Å². The first-order chi connectivity index (χ1) is 10.3. The zero-order chi connectivity index (χ0) is 14.9. The van der Waals surface area contributed by atoms with Gasteiger partial charge in [0.25, 0.3) is 0 Å². The Bertz CT molecular complexity index is 270. The van der Waals surface area contributed by atoms with E-state index in [1.165, 1.54) is 45.1 Å². The average molecular weight is 298 g/mol. The Morgan fingerprint density at radius 3 is 2.62 bits per heavy atom. The van der Waals surface area contributed by atoms with Crippen LogP contribution in [0.3, 0.4) is 0 Å². The molecule has 0 radical (unpaired) electrons. The minimum Gasteiger partial charge on any atom is -0.382 e. The summed E-state index contributed by atoms with van der Waals surface area (Å²) in [5.74, 6) is 0.897. The smallest absolute Gasteiger partial charge is 0.0700 e. The standard InChI is InChI=1S/C17H34N2O2/c1-3-16-13-18-17(15-7-5-4-6-8-15)14-19(16)9-10-21-12-11-20-2/h15-18H,3-14H2,1-2H3. The molecule has 1 saturated heterocycles. The van der Waals surface area contributed by atoms with Crippen LogP contribution in [0.4, 0.5) is 0 Å². The molecule has 2 unspecified atom stereocenters. The molecule has 4 nitrogen and oxygen atoms in total. The predicted octanol–water partition coefficient (Wildman–Crippen LogP) is 2.28. The van der Waals surface area contributed by atoms with Crippen LogP contribution in [0, 0.1) is 5.92 Å². The third-order valence-corrected chi connectivity index (χ3v) is 5.21. The van der Waals surface area contributed by atoms with E-state index in [1.54, 1.807) is 7.11 Å². The monoisotopic (exact) mass is 298 g/mol. The van der Waals surface area contributed by atoms with E-state index in [9.17, 15) is 0 Å². The molecule has 1 N–H and O–H groups in total.